The van der Waals surface area contributed by atoms with Gasteiger partial charge in [0.05, 0.1) is 6.61 Å². The first-order chi connectivity index (χ1) is 17.2. The van der Waals surface area contributed by atoms with Crippen molar-refractivity contribution in [3.8, 4) is 11.5 Å². The average Bonchev–Trinajstić information content (AvgIpc) is 3.29. The van der Waals surface area contributed by atoms with Crippen LogP contribution in [0.2, 0.25) is 0 Å². The monoisotopic (exact) mass is 497 g/mol. The van der Waals surface area contributed by atoms with Crippen molar-refractivity contribution in [3.05, 3.63) is 83.7 Å². The molecular formula is C26H22F3N3O4. The summed E-state index contributed by atoms with van der Waals surface area (Å²) in [5, 5.41) is 3.07. The van der Waals surface area contributed by atoms with Crippen molar-refractivity contribution in [2.24, 2.45) is 0 Å². The Morgan fingerprint density at radius 1 is 1.11 bits per heavy atom. The number of fused-ring (bicyclic) bond motifs is 1. The summed E-state index contributed by atoms with van der Waals surface area (Å²) in [5.41, 5.74) is 0.785. The molecule has 3 heterocycles. The molecular weight excluding hydrogens is 475 g/mol. The van der Waals surface area contributed by atoms with Crippen LogP contribution in [0.15, 0.2) is 66.9 Å². The van der Waals surface area contributed by atoms with Crippen LogP contribution in [0, 0.1) is 0 Å². The molecule has 3 aromatic rings. The van der Waals surface area contributed by atoms with Gasteiger partial charge in [-0.15, -0.1) is 13.2 Å². The van der Waals surface area contributed by atoms with E-state index in [-0.39, 0.29) is 18.3 Å². The second-order valence-electron chi connectivity index (χ2n) is 8.58. The zero-order chi connectivity index (χ0) is 25.3. The summed E-state index contributed by atoms with van der Waals surface area (Å²) in [6.07, 6.45) is -1.73. The minimum absolute atomic E-state index is 0.00718. The Bertz CT molecular complexity index is 1300. The molecule has 0 radical (unpaired) electrons. The van der Waals surface area contributed by atoms with Gasteiger partial charge in [0.2, 0.25) is 5.91 Å². The first-order valence-corrected chi connectivity index (χ1v) is 11.4. The second-order valence-corrected chi connectivity index (χ2v) is 8.58. The molecule has 1 fully saturated rings. The van der Waals surface area contributed by atoms with Crippen LogP contribution in [0.4, 0.5) is 18.9 Å². The molecule has 1 saturated heterocycles. The summed E-state index contributed by atoms with van der Waals surface area (Å²) in [4.78, 5) is 31.8. The van der Waals surface area contributed by atoms with Crippen LogP contribution in [-0.4, -0.2) is 36.3 Å². The van der Waals surface area contributed by atoms with Crippen molar-refractivity contribution in [2.75, 3.05) is 18.1 Å². The van der Waals surface area contributed by atoms with Gasteiger partial charge in [-0.25, -0.2) is 0 Å². The first-order valence-electron chi connectivity index (χ1n) is 11.4. The van der Waals surface area contributed by atoms with Crippen molar-refractivity contribution in [3.63, 3.8) is 0 Å². The largest absolute Gasteiger partial charge is 0.573 e. The van der Waals surface area contributed by atoms with Crippen molar-refractivity contribution in [2.45, 2.75) is 31.2 Å². The number of carbonyl (C=O) groups excluding carboxylic acids is 2. The lowest BCUT2D eigenvalue weighted by molar-refractivity contribution is -0.274. The zero-order valence-corrected chi connectivity index (χ0v) is 19.0. The summed E-state index contributed by atoms with van der Waals surface area (Å²) in [7, 11) is 0. The third-order valence-electron chi connectivity index (χ3n) is 6.31. The fourth-order valence-electron chi connectivity index (χ4n) is 4.68. The number of pyridine rings is 1. The number of halogens is 3. The maximum absolute atomic E-state index is 13.5. The molecule has 7 nitrogen and oxygen atoms in total. The van der Waals surface area contributed by atoms with E-state index < -0.39 is 17.8 Å². The van der Waals surface area contributed by atoms with Gasteiger partial charge in [-0.3, -0.25) is 14.6 Å². The third-order valence-corrected chi connectivity index (χ3v) is 6.31. The number of nitrogens with one attached hydrogen (secondary N) is 1. The molecule has 36 heavy (non-hydrogen) atoms. The van der Waals surface area contributed by atoms with Gasteiger partial charge in [-0.2, -0.15) is 0 Å². The van der Waals surface area contributed by atoms with E-state index in [1.54, 1.807) is 47.5 Å². The Labute approximate surface area is 204 Å². The highest BCUT2D eigenvalue weighted by Gasteiger charge is 2.43. The Hall–Kier alpha value is -4.08. The molecule has 10 heteroatoms. The number of carbonyl (C=O) groups is 2. The second kappa shape index (κ2) is 9.18. The van der Waals surface area contributed by atoms with E-state index in [0.29, 0.717) is 47.6 Å². The van der Waals surface area contributed by atoms with Crippen molar-refractivity contribution < 1.29 is 32.2 Å². The molecule has 1 aromatic heterocycles. The first kappa shape index (κ1) is 23.7. The highest BCUT2D eigenvalue weighted by Crippen LogP contribution is 2.41. The molecule has 2 aliphatic rings. The van der Waals surface area contributed by atoms with Crippen LogP contribution in [-0.2, 0) is 10.3 Å². The van der Waals surface area contributed by atoms with Crippen LogP contribution >= 0.6 is 0 Å². The summed E-state index contributed by atoms with van der Waals surface area (Å²) in [5.74, 6) is -0.314. The van der Waals surface area contributed by atoms with E-state index >= 15 is 0 Å². The lowest BCUT2D eigenvalue weighted by atomic mass is 9.81. The van der Waals surface area contributed by atoms with Gasteiger partial charge in [0.1, 0.15) is 22.7 Å². The van der Waals surface area contributed by atoms with Gasteiger partial charge in [0.15, 0.2) is 0 Å². The van der Waals surface area contributed by atoms with Gasteiger partial charge in [-0.05, 0) is 54.4 Å². The molecule has 0 bridgehead atoms. The Morgan fingerprint density at radius 3 is 2.64 bits per heavy atom. The molecule has 2 amide bonds. The molecule has 5 rings (SSSR count). The standard InChI is InChI=1S/C26H22F3N3O4/c27-26(28,29)36-20-10-8-18(9-11-20)25(12-15-35-21-6-2-13-30-23(21)25)31-24(34)17-4-1-5-19(16-17)32-14-3-7-22(32)33/h1-2,4-6,8-11,13,16H,3,7,12,14-15H2,(H,31,34)/t25-/m0/s1. The molecule has 1 atom stereocenters. The molecule has 1 N–H and O–H groups in total. The third kappa shape index (κ3) is 4.58. The number of nitrogens with zero attached hydrogens (tertiary/aromatic N) is 2. The molecule has 186 valence electrons. The number of rotatable bonds is 5. The maximum Gasteiger partial charge on any atom is 0.573 e. The predicted molar refractivity (Wildman–Crippen MR) is 124 cm³/mol. The molecule has 2 aliphatic heterocycles. The van der Waals surface area contributed by atoms with E-state index in [4.69, 9.17) is 4.74 Å². The van der Waals surface area contributed by atoms with E-state index in [9.17, 15) is 22.8 Å². The molecule has 0 saturated carbocycles. The number of alkyl halides is 3. The lowest BCUT2D eigenvalue weighted by Crippen LogP contribution is -2.50. The summed E-state index contributed by atoms with van der Waals surface area (Å²) < 4.78 is 47.8. The number of amides is 2. The van der Waals surface area contributed by atoms with Gasteiger partial charge in [0, 0.05) is 36.8 Å². The number of aromatic nitrogens is 1. The fraction of sp³-hybridized carbons (Fsp3) is 0.269. The topological polar surface area (TPSA) is 80.8 Å². The normalized spacial score (nSPS) is 19.4. The van der Waals surface area contributed by atoms with E-state index in [1.807, 2.05) is 0 Å². The van der Waals surface area contributed by atoms with E-state index in [1.165, 1.54) is 24.3 Å². The maximum atomic E-state index is 13.5. The van der Waals surface area contributed by atoms with Crippen LogP contribution in [0.1, 0.15) is 40.9 Å². The molecule has 2 aromatic carbocycles. The minimum atomic E-state index is -4.82. The van der Waals surface area contributed by atoms with Crippen LogP contribution in [0.3, 0.4) is 0 Å². The number of ether oxygens (including phenoxy) is 2. The molecule has 0 spiro atoms. The molecule has 0 aliphatic carbocycles. The average molecular weight is 497 g/mol. The summed E-state index contributed by atoms with van der Waals surface area (Å²) in [6.45, 7) is 0.844. The SMILES string of the molecule is O=C(N[C@]1(c2ccc(OC(F)(F)F)cc2)CCOc2cccnc21)c1cccc(N2CCCC2=O)c1. The number of benzene rings is 2. The predicted octanol–water partition coefficient (Wildman–Crippen LogP) is 4.56. The number of hydrogen-bond donors (Lipinski definition) is 1. The van der Waals surface area contributed by atoms with Gasteiger partial charge < -0.3 is 19.7 Å². The van der Waals surface area contributed by atoms with Crippen LogP contribution < -0.4 is 19.7 Å². The van der Waals surface area contributed by atoms with Gasteiger partial charge in [0.25, 0.3) is 5.91 Å². The van der Waals surface area contributed by atoms with E-state index in [2.05, 4.69) is 15.0 Å². The smallest absolute Gasteiger partial charge is 0.491 e. The quantitative estimate of drug-likeness (QED) is 0.559. The van der Waals surface area contributed by atoms with Crippen molar-refractivity contribution in [1.29, 1.82) is 0 Å². The Kier molecular flexibility index (Phi) is 6.03. The zero-order valence-electron chi connectivity index (χ0n) is 19.0. The van der Waals surface area contributed by atoms with Crippen molar-refractivity contribution in [1.82, 2.24) is 10.3 Å². The molecule has 0 unspecified atom stereocenters. The highest BCUT2D eigenvalue weighted by molar-refractivity contribution is 5.99. The van der Waals surface area contributed by atoms with Crippen molar-refractivity contribution >= 4 is 17.5 Å². The van der Waals surface area contributed by atoms with E-state index in [0.717, 1.165) is 6.42 Å². The van der Waals surface area contributed by atoms with Crippen LogP contribution in [0.5, 0.6) is 11.5 Å². The highest BCUT2D eigenvalue weighted by atomic mass is 19.4. The number of hydrogen-bond acceptors (Lipinski definition) is 5. The fourth-order valence-corrected chi connectivity index (χ4v) is 4.68. The summed E-state index contributed by atoms with van der Waals surface area (Å²) in [6, 6.07) is 15.6. The summed E-state index contributed by atoms with van der Waals surface area (Å²) >= 11 is 0. The minimum Gasteiger partial charge on any atom is -0.491 e. The Balaban J connectivity index is 1.52. The Morgan fingerprint density at radius 2 is 1.92 bits per heavy atom. The van der Waals surface area contributed by atoms with Gasteiger partial charge >= 0.3 is 6.36 Å². The lowest BCUT2D eigenvalue weighted by Gasteiger charge is -2.39. The number of anilines is 1. The van der Waals surface area contributed by atoms with Crippen LogP contribution in [0.25, 0.3) is 0 Å². The van der Waals surface area contributed by atoms with Gasteiger partial charge in [-0.1, -0.05) is 18.2 Å².